The zero-order valence-corrected chi connectivity index (χ0v) is 13.7. The Hall–Kier alpha value is -1.30. The number of hydrogen-bond acceptors (Lipinski definition) is 5. The van der Waals surface area contributed by atoms with E-state index in [-0.39, 0.29) is 6.79 Å². The lowest BCUT2D eigenvalue weighted by Gasteiger charge is -2.26. The molecule has 0 amide bonds. The molecular formula is C18H27NO4. The summed E-state index contributed by atoms with van der Waals surface area (Å²) in [7, 11) is 0. The Balaban J connectivity index is 1.37. The summed E-state index contributed by atoms with van der Waals surface area (Å²) >= 11 is 0. The van der Waals surface area contributed by atoms with Gasteiger partial charge in [-0.3, -0.25) is 0 Å². The fraction of sp³-hybridized carbons (Fsp3) is 0.667. The summed E-state index contributed by atoms with van der Waals surface area (Å²) in [4.78, 5) is 2.37. The molecule has 1 fully saturated rings. The minimum Gasteiger partial charge on any atom is -0.454 e. The SMILES string of the molecule is O[C@H](COCc1ccc2c(c1)OCO2)CN1CCCCCCC1. The monoisotopic (exact) mass is 321 g/mol. The van der Waals surface area contributed by atoms with Crippen molar-refractivity contribution in [1.82, 2.24) is 4.90 Å². The standard InChI is InChI=1S/C18H27NO4/c20-16(11-19-8-4-2-1-3-5-9-19)13-21-12-15-6-7-17-18(10-15)23-14-22-17/h6-7,10,16,20H,1-5,8-9,11-14H2/t16-/m0/s1. The van der Waals surface area contributed by atoms with Crippen LogP contribution in [0.3, 0.4) is 0 Å². The molecule has 0 spiro atoms. The van der Waals surface area contributed by atoms with Gasteiger partial charge in [0.15, 0.2) is 11.5 Å². The average Bonchev–Trinajstić information content (AvgIpc) is 2.97. The maximum absolute atomic E-state index is 10.2. The highest BCUT2D eigenvalue weighted by Crippen LogP contribution is 2.32. The number of aliphatic hydroxyl groups excluding tert-OH is 1. The summed E-state index contributed by atoms with van der Waals surface area (Å²) in [5.41, 5.74) is 1.03. The molecule has 1 atom stereocenters. The first kappa shape index (κ1) is 16.6. The van der Waals surface area contributed by atoms with Crippen LogP contribution in [0.4, 0.5) is 0 Å². The number of aliphatic hydroxyl groups is 1. The van der Waals surface area contributed by atoms with Crippen molar-refractivity contribution >= 4 is 0 Å². The second kappa shape index (κ2) is 8.52. The lowest BCUT2D eigenvalue weighted by atomic mass is 10.1. The largest absolute Gasteiger partial charge is 0.454 e. The number of fused-ring (bicyclic) bond motifs is 1. The molecule has 5 heteroatoms. The van der Waals surface area contributed by atoms with Crippen LogP contribution < -0.4 is 9.47 Å². The van der Waals surface area contributed by atoms with Crippen LogP contribution in [0.1, 0.15) is 37.7 Å². The van der Waals surface area contributed by atoms with Crippen molar-refractivity contribution in [2.45, 2.75) is 44.8 Å². The van der Waals surface area contributed by atoms with Gasteiger partial charge < -0.3 is 24.2 Å². The predicted octanol–water partition coefficient (Wildman–Crippen LogP) is 2.56. The van der Waals surface area contributed by atoms with Crippen LogP contribution in [0.5, 0.6) is 11.5 Å². The quantitative estimate of drug-likeness (QED) is 0.873. The molecule has 0 saturated carbocycles. The summed E-state index contributed by atoms with van der Waals surface area (Å²) in [6.07, 6.45) is 6.04. The van der Waals surface area contributed by atoms with Gasteiger partial charge in [0.2, 0.25) is 6.79 Å². The summed E-state index contributed by atoms with van der Waals surface area (Å²) in [6.45, 7) is 4.03. The van der Waals surface area contributed by atoms with E-state index in [9.17, 15) is 5.11 Å². The van der Waals surface area contributed by atoms with Gasteiger partial charge in [0, 0.05) is 6.54 Å². The summed E-state index contributed by atoms with van der Waals surface area (Å²) in [5, 5.41) is 10.2. The van der Waals surface area contributed by atoms with Gasteiger partial charge >= 0.3 is 0 Å². The van der Waals surface area contributed by atoms with Crippen molar-refractivity contribution < 1.29 is 19.3 Å². The van der Waals surface area contributed by atoms with Crippen molar-refractivity contribution in [2.75, 3.05) is 33.0 Å². The highest BCUT2D eigenvalue weighted by molar-refractivity contribution is 5.44. The van der Waals surface area contributed by atoms with E-state index in [2.05, 4.69) is 4.90 Å². The summed E-state index contributed by atoms with van der Waals surface area (Å²) < 4.78 is 16.3. The van der Waals surface area contributed by atoms with Crippen molar-refractivity contribution in [3.8, 4) is 11.5 Å². The molecule has 0 radical (unpaired) electrons. The maximum Gasteiger partial charge on any atom is 0.231 e. The molecule has 3 rings (SSSR count). The number of rotatable bonds is 6. The third-order valence-electron chi connectivity index (χ3n) is 4.43. The highest BCUT2D eigenvalue weighted by Gasteiger charge is 2.15. The summed E-state index contributed by atoms with van der Waals surface area (Å²) in [5.74, 6) is 1.55. The number of likely N-dealkylation sites (tertiary alicyclic amines) is 1. The second-order valence-electron chi connectivity index (χ2n) is 6.42. The van der Waals surface area contributed by atoms with E-state index in [4.69, 9.17) is 14.2 Å². The fourth-order valence-corrected chi connectivity index (χ4v) is 3.19. The Kier molecular flexibility index (Phi) is 6.13. The van der Waals surface area contributed by atoms with Gasteiger partial charge in [0.1, 0.15) is 0 Å². The number of nitrogens with zero attached hydrogens (tertiary/aromatic N) is 1. The van der Waals surface area contributed by atoms with Gasteiger partial charge in [-0.1, -0.05) is 25.3 Å². The summed E-state index contributed by atoms with van der Waals surface area (Å²) in [6, 6.07) is 5.81. The van der Waals surface area contributed by atoms with E-state index in [1.807, 2.05) is 18.2 Å². The number of benzene rings is 1. The molecule has 0 bridgehead atoms. The minimum atomic E-state index is -0.427. The van der Waals surface area contributed by atoms with Crippen LogP contribution in [-0.2, 0) is 11.3 Å². The minimum absolute atomic E-state index is 0.286. The van der Waals surface area contributed by atoms with Gasteiger partial charge in [-0.05, 0) is 43.6 Å². The molecule has 1 saturated heterocycles. The zero-order chi connectivity index (χ0) is 15.9. The van der Waals surface area contributed by atoms with Crippen LogP contribution in [0, 0.1) is 0 Å². The molecule has 1 aromatic carbocycles. The Morgan fingerprint density at radius 3 is 2.61 bits per heavy atom. The Morgan fingerprint density at radius 1 is 1.04 bits per heavy atom. The van der Waals surface area contributed by atoms with Crippen molar-refractivity contribution in [2.24, 2.45) is 0 Å². The first-order chi connectivity index (χ1) is 11.3. The Bertz CT molecular complexity index is 486. The van der Waals surface area contributed by atoms with Crippen LogP contribution in [-0.4, -0.2) is 49.1 Å². The maximum atomic E-state index is 10.2. The van der Waals surface area contributed by atoms with Gasteiger partial charge in [-0.25, -0.2) is 0 Å². The van der Waals surface area contributed by atoms with Gasteiger partial charge in [-0.15, -0.1) is 0 Å². The van der Waals surface area contributed by atoms with E-state index in [1.54, 1.807) is 0 Å². The van der Waals surface area contributed by atoms with Crippen LogP contribution in [0.25, 0.3) is 0 Å². The second-order valence-corrected chi connectivity index (χ2v) is 6.42. The molecule has 128 valence electrons. The van der Waals surface area contributed by atoms with E-state index >= 15 is 0 Å². The Labute approximate surface area is 138 Å². The normalized spacial score (nSPS) is 20.0. The predicted molar refractivity (Wildman–Crippen MR) is 87.8 cm³/mol. The molecule has 1 N–H and O–H groups in total. The topological polar surface area (TPSA) is 51.2 Å². The van der Waals surface area contributed by atoms with Crippen molar-refractivity contribution in [3.63, 3.8) is 0 Å². The van der Waals surface area contributed by atoms with Crippen LogP contribution in [0.2, 0.25) is 0 Å². The van der Waals surface area contributed by atoms with Gasteiger partial charge in [-0.2, -0.15) is 0 Å². The van der Waals surface area contributed by atoms with Crippen molar-refractivity contribution in [1.29, 1.82) is 0 Å². The lowest BCUT2D eigenvalue weighted by molar-refractivity contribution is 0.00878. The molecule has 0 aromatic heterocycles. The van der Waals surface area contributed by atoms with Crippen LogP contribution >= 0.6 is 0 Å². The van der Waals surface area contributed by atoms with Crippen molar-refractivity contribution in [3.05, 3.63) is 23.8 Å². The fourth-order valence-electron chi connectivity index (χ4n) is 3.19. The molecular weight excluding hydrogens is 294 g/mol. The first-order valence-corrected chi connectivity index (χ1v) is 8.68. The molecule has 1 aromatic rings. The number of β-amino-alcohol motifs (C(OH)–C–C–N with tert-alkyl or cyclic N) is 1. The average molecular weight is 321 g/mol. The molecule has 2 heterocycles. The number of ether oxygens (including phenoxy) is 3. The van der Waals surface area contributed by atoms with E-state index in [0.717, 1.165) is 30.2 Å². The zero-order valence-electron chi connectivity index (χ0n) is 13.7. The van der Waals surface area contributed by atoms with Gasteiger partial charge in [0.25, 0.3) is 0 Å². The van der Waals surface area contributed by atoms with E-state index < -0.39 is 6.10 Å². The third kappa shape index (κ3) is 5.09. The molecule has 0 unspecified atom stereocenters. The molecule has 23 heavy (non-hydrogen) atoms. The molecule has 5 nitrogen and oxygen atoms in total. The first-order valence-electron chi connectivity index (χ1n) is 8.68. The van der Waals surface area contributed by atoms with Crippen LogP contribution in [0.15, 0.2) is 18.2 Å². The Morgan fingerprint density at radius 2 is 1.78 bits per heavy atom. The molecule has 2 aliphatic rings. The number of hydrogen-bond donors (Lipinski definition) is 1. The molecule has 0 aliphatic carbocycles. The highest BCUT2D eigenvalue weighted by atomic mass is 16.7. The molecule has 2 aliphatic heterocycles. The van der Waals surface area contributed by atoms with E-state index in [0.29, 0.717) is 19.8 Å². The third-order valence-corrected chi connectivity index (χ3v) is 4.43. The lowest BCUT2D eigenvalue weighted by Crippen LogP contribution is -2.36. The van der Waals surface area contributed by atoms with E-state index in [1.165, 1.54) is 32.1 Å². The smallest absolute Gasteiger partial charge is 0.231 e. The van der Waals surface area contributed by atoms with Gasteiger partial charge in [0.05, 0.1) is 19.3 Å².